The number of halogens is 6. The number of hydrogen-bond donors (Lipinski definition) is 2. The molecule has 9 nitrogen and oxygen atoms in total. The van der Waals surface area contributed by atoms with E-state index in [1.54, 1.807) is 11.8 Å². The summed E-state index contributed by atoms with van der Waals surface area (Å²) in [6.45, 7) is 3.85. The van der Waals surface area contributed by atoms with Crippen LogP contribution in [0.2, 0.25) is 0 Å². The van der Waals surface area contributed by atoms with Crippen LogP contribution in [0.4, 0.5) is 37.8 Å². The number of aryl methyl sites for hydroxylation is 1. The molecule has 0 saturated carbocycles. The summed E-state index contributed by atoms with van der Waals surface area (Å²) < 4.78 is 119. The molecule has 16 heteroatoms. The lowest BCUT2D eigenvalue weighted by Gasteiger charge is -2.39. The number of fused-ring (bicyclic) bond motifs is 2. The summed E-state index contributed by atoms with van der Waals surface area (Å²) in [4.78, 5) is 12.6. The molecule has 6 rings (SSSR count). The molecule has 3 atom stereocenters. The number of aromatic nitrogens is 2. The zero-order chi connectivity index (χ0) is 33.4. The highest BCUT2D eigenvalue weighted by Gasteiger charge is 2.49. The first-order valence-electron chi connectivity index (χ1n) is 15.1. The topological polar surface area (TPSA) is 122 Å². The number of anilines is 2. The van der Waals surface area contributed by atoms with E-state index in [9.17, 15) is 35.5 Å². The third-order valence-corrected chi connectivity index (χ3v) is 11.7. The summed E-state index contributed by atoms with van der Waals surface area (Å²) >= 11 is 0. The Balaban J connectivity index is 1.44. The van der Waals surface area contributed by atoms with E-state index in [0.29, 0.717) is 32.4 Å². The van der Waals surface area contributed by atoms with Gasteiger partial charge < -0.3 is 20.5 Å². The fourth-order valence-electron chi connectivity index (χ4n) is 7.61. The number of nitrogen functional groups attached to an aromatic ring is 1. The molecular weight excluding hydrogens is 640 g/mol. The van der Waals surface area contributed by atoms with Gasteiger partial charge in [0.25, 0.3) is 6.08 Å². The zero-order valence-corrected chi connectivity index (χ0v) is 26.2. The number of ether oxygens (including phenoxy) is 1. The molecule has 252 valence electrons. The molecule has 0 amide bonds. The third-order valence-electron chi connectivity index (χ3n) is 9.72. The van der Waals surface area contributed by atoms with Crippen LogP contribution >= 0.6 is 0 Å². The Kier molecular flexibility index (Phi) is 8.03. The summed E-state index contributed by atoms with van der Waals surface area (Å²) in [5.41, 5.74) is 0.563. The van der Waals surface area contributed by atoms with Gasteiger partial charge in [-0.25, -0.2) is 12.8 Å². The second kappa shape index (κ2) is 11.3. The quantitative estimate of drug-likeness (QED) is 0.338. The van der Waals surface area contributed by atoms with Crippen molar-refractivity contribution in [3.05, 3.63) is 51.5 Å². The molecule has 46 heavy (non-hydrogen) atoms. The predicted octanol–water partition coefficient (Wildman–Crippen LogP) is 4.86. The van der Waals surface area contributed by atoms with Crippen LogP contribution in [-0.4, -0.2) is 72.3 Å². The molecule has 5 heterocycles. The normalized spacial score (nSPS) is 27.9. The lowest BCUT2D eigenvalue weighted by atomic mass is 9.93. The van der Waals surface area contributed by atoms with Gasteiger partial charge in [0.1, 0.15) is 12.4 Å². The molecule has 0 aliphatic carbocycles. The van der Waals surface area contributed by atoms with Gasteiger partial charge in [-0.15, -0.1) is 0 Å². The molecule has 0 radical (unpaired) electrons. The van der Waals surface area contributed by atoms with Crippen LogP contribution in [0.25, 0.3) is 0 Å². The highest BCUT2D eigenvalue weighted by molar-refractivity contribution is 7.91. The van der Waals surface area contributed by atoms with Gasteiger partial charge in [-0.1, -0.05) is 0 Å². The van der Waals surface area contributed by atoms with E-state index >= 15 is 4.39 Å². The predicted molar refractivity (Wildman–Crippen MR) is 157 cm³/mol. The van der Waals surface area contributed by atoms with Crippen molar-refractivity contribution in [1.82, 2.24) is 14.9 Å². The molecule has 3 N–H and O–H groups in total. The summed E-state index contributed by atoms with van der Waals surface area (Å²) in [6, 6.07) is 0.612. The number of alkyl halides is 3. The summed E-state index contributed by atoms with van der Waals surface area (Å²) in [7, 11) is -4.47. The number of benzene rings is 1. The molecule has 4 aliphatic rings. The van der Waals surface area contributed by atoms with Crippen LogP contribution in [0.5, 0.6) is 6.01 Å². The Bertz CT molecular complexity index is 1710. The van der Waals surface area contributed by atoms with Crippen LogP contribution in [0, 0.1) is 12.7 Å². The minimum Gasteiger partial charge on any atom is -0.461 e. The molecule has 1 aromatic heterocycles. The summed E-state index contributed by atoms with van der Waals surface area (Å²) in [5.74, 6) is -2.10. The van der Waals surface area contributed by atoms with Crippen molar-refractivity contribution in [2.24, 2.45) is 0 Å². The number of hydrogen-bond acceptors (Lipinski definition) is 9. The van der Waals surface area contributed by atoms with E-state index < -0.39 is 78.9 Å². The van der Waals surface area contributed by atoms with E-state index in [1.807, 2.05) is 4.90 Å². The molecule has 1 aromatic carbocycles. The third kappa shape index (κ3) is 5.80. The Morgan fingerprint density at radius 2 is 1.91 bits per heavy atom. The van der Waals surface area contributed by atoms with Gasteiger partial charge in [-0.05, 0) is 64.1 Å². The average Bonchev–Trinajstić information content (AvgIpc) is 3.50. The number of nitrogens with zero attached hydrogens (tertiary/aromatic N) is 4. The summed E-state index contributed by atoms with van der Waals surface area (Å²) in [5, 5.41) is 8.85. The fourth-order valence-corrected chi connectivity index (χ4v) is 9.51. The van der Waals surface area contributed by atoms with Crippen molar-refractivity contribution >= 4 is 21.3 Å². The number of sulfone groups is 1. The SMILES string of the molecule is Cc1cc(N)c(F)c([C@H]2Cc3nc(OC[C@@]45CCCN4CC(=C(F)F)C5)nc(N4CCC[C@@](C)(O)C4)c3CS2(=O)=O)c1C(F)(F)F. The van der Waals surface area contributed by atoms with E-state index in [4.69, 9.17) is 10.5 Å². The van der Waals surface area contributed by atoms with Gasteiger partial charge >= 0.3 is 12.2 Å². The maximum atomic E-state index is 15.5. The van der Waals surface area contributed by atoms with E-state index in [1.165, 1.54) is 0 Å². The number of β-amino-alcohol motifs (C(OH)–C–C–N with tert-alkyl or cyclic N) is 1. The minimum absolute atomic E-state index is 0.0267. The van der Waals surface area contributed by atoms with Crippen LogP contribution in [0.3, 0.4) is 0 Å². The Morgan fingerprint density at radius 3 is 2.59 bits per heavy atom. The van der Waals surface area contributed by atoms with Crippen LogP contribution in [-0.2, 0) is 28.2 Å². The zero-order valence-electron chi connectivity index (χ0n) is 25.4. The lowest BCUT2D eigenvalue weighted by molar-refractivity contribution is -0.138. The number of nitrogens with two attached hydrogens (primary N) is 1. The van der Waals surface area contributed by atoms with Crippen molar-refractivity contribution in [3.63, 3.8) is 0 Å². The molecule has 4 aliphatic heterocycles. The van der Waals surface area contributed by atoms with E-state index in [0.717, 1.165) is 19.4 Å². The molecule has 3 fully saturated rings. The second-order valence-corrected chi connectivity index (χ2v) is 15.4. The lowest BCUT2D eigenvalue weighted by Crippen LogP contribution is -2.47. The maximum Gasteiger partial charge on any atom is 0.417 e. The van der Waals surface area contributed by atoms with Crippen molar-refractivity contribution in [2.45, 2.75) is 80.7 Å². The fraction of sp³-hybridized carbons (Fsp3) is 0.600. The van der Waals surface area contributed by atoms with Gasteiger partial charge in [0.05, 0.1) is 39.1 Å². The van der Waals surface area contributed by atoms with Crippen molar-refractivity contribution in [2.75, 3.05) is 43.4 Å². The second-order valence-electron chi connectivity index (χ2n) is 13.2. The average molecular weight is 676 g/mol. The Hall–Kier alpha value is -3.11. The van der Waals surface area contributed by atoms with Gasteiger partial charge in [0, 0.05) is 42.8 Å². The first-order valence-corrected chi connectivity index (χ1v) is 16.8. The van der Waals surface area contributed by atoms with Crippen molar-refractivity contribution < 1.29 is 44.6 Å². The molecular formula is C30H35F6N5O4S. The van der Waals surface area contributed by atoms with Gasteiger partial charge in [0.15, 0.2) is 15.7 Å². The Morgan fingerprint density at radius 1 is 1.20 bits per heavy atom. The number of aliphatic hydroxyl groups is 1. The molecule has 2 aromatic rings. The molecule has 0 bridgehead atoms. The first-order chi connectivity index (χ1) is 21.4. The van der Waals surface area contributed by atoms with Crippen LogP contribution in [0.15, 0.2) is 17.7 Å². The van der Waals surface area contributed by atoms with Crippen molar-refractivity contribution in [3.8, 4) is 6.01 Å². The summed E-state index contributed by atoms with van der Waals surface area (Å²) in [6.07, 6.45) is -4.94. The van der Waals surface area contributed by atoms with Gasteiger partial charge in [0.2, 0.25) is 0 Å². The minimum atomic E-state index is -5.08. The smallest absolute Gasteiger partial charge is 0.417 e. The van der Waals surface area contributed by atoms with Crippen LogP contribution in [0.1, 0.15) is 72.2 Å². The highest BCUT2D eigenvalue weighted by atomic mass is 32.2. The van der Waals surface area contributed by atoms with Gasteiger partial charge in [-0.2, -0.15) is 31.9 Å². The van der Waals surface area contributed by atoms with Crippen LogP contribution < -0.4 is 15.4 Å². The Labute approximate surface area is 262 Å². The number of piperidine rings is 1. The van der Waals surface area contributed by atoms with Crippen molar-refractivity contribution in [1.29, 1.82) is 0 Å². The first kappa shape index (κ1) is 32.8. The standard InChI is InChI=1S/C30H35F6N5O4S/c1-16-9-19(37)24(31)22(23(16)30(34,35)36)21-10-20-18(13-46(21,43)44)26(40-7-3-5-28(2,42)14-40)39-27(38-20)45-15-29-6-4-8-41(29)12-17(11-29)25(32)33/h9,21,42H,3-8,10-15,37H2,1-2H3/t21-,28-,29+/m1/s1. The molecule has 0 spiro atoms. The van der Waals surface area contributed by atoms with E-state index in [2.05, 4.69) is 9.97 Å². The number of rotatable bonds is 5. The largest absolute Gasteiger partial charge is 0.461 e. The maximum absolute atomic E-state index is 15.5. The molecule has 0 unspecified atom stereocenters. The van der Waals surface area contributed by atoms with E-state index in [-0.39, 0.29) is 54.8 Å². The highest BCUT2D eigenvalue weighted by Crippen LogP contribution is 2.47. The molecule has 3 saturated heterocycles. The van der Waals surface area contributed by atoms with Gasteiger partial charge in [-0.3, -0.25) is 4.90 Å². The monoisotopic (exact) mass is 675 g/mol.